The zero-order valence-corrected chi connectivity index (χ0v) is 12.3. The second kappa shape index (κ2) is 6.08. The second-order valence-electron chi connectivity index (χ2n) is 4.61. The average molecular weight is 315 g/mol. The van der Waals surface area contributed by atoms with Crippen LogP contribution in [0.5, 0.6) is 11.5 Å². The molecule has 3 N–H and O–H groups in total. The standard InChI is InChI=1S/C15H13N3O3S/c16-14-9-15(19)18(17-14)10-6-7-12(13(8-10)22-20)21-11-4-2-1-3-5-11/h1-8,20H,9H2,(H2,16,17). The third-order valence-corrected chi connectivity index (χ3v) is 3.55. The maximum Gasteiger partial charge on any atom is 0.255 e. The van der Waals surface area contributed by atoms with Crippen LogP contribution in [-0.4, -0.2) is 16.3 Å². The number of amidine groups is 1. The topological polar surface area (TPSA) is 88.2 Å². The number of hydrogen-bond acceptors (Lipinski definition) is 6. The van der Waals surface area contributed by atoms with Crippen LogP contribution in [0.25, 0.3) is 0 Å². The minimum Gasteiger partial charge on any atom is -0.456 e. The molecule has 0 saturated carbocycles. The van der Waals surface area contributed by atoms with Crippen LogP contribution in [-0.2, 0) is 4.79 Å². The van der Waals surface area contributed by atoms with Gasteiger partial charge in [-0.25, -0.2) is 0 Å². The van der Waals surface area contributed by atoms with Gasteiger partial charge in [0.15, 0.2) is 0 Å². The lowest BCUT2D eigenvalue weighted by atomic mass is 10.2. The summed E-state index contributed by atoms with van der Waals surface area (Å²) in [6, 6.07) is 14.2. The largest absolute Gasteiger partial charge is 0.456 e. The molecular formula is C15H13N3O3S. The summed E-state index contributed by atoms with van der Waals surface area (Å²) in [4.78, 5) is 12.3. The number of para-hydroxylation sites is 1. The number of amides is 1. The molecule has 1 aliphatic heterocycles. The van der Waals surface area contributed by atoms with Crippen molar-refractivity contribution in [3.8, 4) is 11.5 Å². The molecular weight excluding hydrogens is 302 g/mol. The van der Waals surface area contributed by atoms with Crippen LogP contribution in [0.2, 0.25) is 0 Å². The summed E-state index contributed by atoms with van der Waals surface area (Å²) >= 11 is 0.547. The number of nitrogens with zero attached hydrogens (tertiary/aromatic N) is 2. The molecule has 1 heterocycles. The molecule has 0 fully saturated rings. The Morgan fingerprint density at radius 1 is 1.23 bits per heavy atom. The minimum atomic E-state index is -0.205. The highest BCUT2D eigenvalue weighted by atomic mass is 32.2. The van der Waals surface area contributed by atoms with E-state index in [0.29, 0.717) is 34.1 Å². The van der Waals surface area contributed by atoms with E-state index in [2.05, 4.69) is 5.10 Å². The lowest BCUT2D eigenvalue weighted by Crippen LogP contribution is -2.19. The molecule has 6 nitrogen and oxygen atoms in total. The molecule has 1 amide bonds. The van der Waals surface area contributed by atoms with E-state index in [1.807, 2.05) is 30.3 Å². The third-order valence-electron chi connectivity index (χ3n) is 3.04. The molecule has 2 aromatic carbocycles. The Morgan fingerprint density at radius 3 is 2.64 bits per heavy atom. The van der Waals surface area contributed by atoms with Crippen LogP contribution >= 0.6 is 12.0 Å². The third kappa shape index (κ3) is 2.90. The number of hydrazone groups is 1. The summed E-state index contributed by atoms with van der Waals surface area (Å²) < 4.78 is 15.2. The minimum absolute atomic E-state index is 0.101. The molecule has 0 atom stereocenters. The zero-order chi connectivity index (χ0) is 15.5. The molecule has 1 aliphatic rings. The van der Waals surface area contributed by atoms with Crippen LogP contribution in [0.15, 0.2) is 58.5 Å². The lowest BCUT2D eigenvalue weighted by molar-refractivity contribution is -0.116. The van der Waals surface area contributed by atoms with Crippen molar-refractivity contribution in [3.05, 3.63) is 48.5 Å². The molecule has 0 aliphatic carbocycles. The fourth-order valence-electron chi connectivity index (χ4n) is 2.05. The van der Waals surface area contributed by atoms with Gasteiger partial charge in [-0.2, -0.15) is 10.1 Å². The predicted octanol–water partition coefficient (Wildman–Crippen LogP) is 3.05. The van der Waals surface area contributed by atoms with Gasteiger partial charge in [-0.3, -0.25) is 4.79 Å². The van der Waals surface area contributed by atoms with E-state index >= 15 is 0 Å². The lowest BCUT2D eigenvalue weighted by Gasteiger charge is -2.15. The maximum absolute atomic E-state index is 11.8. The van der Waals surface area contributed by atoms with Crippen molar-refractivity contribution in [3.63, 3.8) is 0 Å². The van der Waals surface area contributed by atoms with E-state index in [1.54, 1.807) is 18.2 Å². The highest BCUT2D eigenvalue weighted by Gasteiger charge is 2.24. The quantitative estimate of drug-likeness (QED) is 0.847. The van der Waals surface area contributed by atoms with E-state index in [1.165, 1.54) is 5.01 Å². The number of hydrogen-bond donors (Lipinski definition) is 2. The molecule has 7 heteroatoms. The monoisotopic (exact) mass is 315 g/mol. The van der Waals surface area contributed by atoms with Gasteiger partial charge in [-0.15, -0.1) is 0 Å². The van der Waals surface area contributed by atoms with Crippen LogP contribution in [0.1, 0.15) is 6.42 Å². The summed E-state index contributed by atoms with van der Waals surface area (Å²) in [7, 11) is 0. The summed E-state index contributed by atoms with van der Waals surface area (Å²) in [5, 5.41) is 5.20. The molecule has 112 valence electrons. The van der Waals surface area contributed by atoms with Crippen molar-refractivity contribution in [1.82, 2.24) is 0 Å². The van der Waals surface area contributed by atoms with Gasteiger partial charge in [0.2, 0.25) is 0 Å². The Balaban J connectivity index is 1.89. The first kappa shape index (κ1) is 14.4. The molecule has 0 saturated heterocycles. The summed E-state index contributed by atoms with van der Waals surface area (Å²) in [5.41, 5.74) is 6.09. The van der Waals surface area contributed by atoms with Crippen molar-refractivity contribution in [2.75, 3.05) is 5.01 Å². The van der Waals surface area contributed by atoms with E-state index in [4.69, 9.17) is 10.5 Å². The Bertz CT molecular complexity index is 734. The van der Waals surface area contributed by atoms with Gasteiger partial charge in [-0.05, 0) is 30.3 Å². The number of carbonyl (C=O) groups excluding carboxylic acids is 1. The molecule has 0 bridgehead atoms. The molecule has 3 rings (SSSR count). The molecule has 0 aromatic heterocycles. The first-order chi connectivity index (χ1) is 10.7. The fourth-order valence-corrected chi connectivity index (χ4v) is 2.42. The highest BCUT2D eigenvalue weighted by molar-refractivity contribution is 7.93. The summed E-state index contributed by atoms with van der Waals surface area (Å²) in [6.45, 7) is 0. The van der Waals surface area contributed by atoms with Gasteiger partial charge in [0.25, 0.3) is 5.91 Å². The van der Waals surface area contributed by atoms with E-state index in [0.717, 1.165) is 0 Å². The number of carbonyl (C=O) groups is 1. The maximum atomic E-state index is 11.8. The van der Waals surface area contributed by atoms with E-state index in [-0.39, 0.29) is 18.2 Å². The SMILES string of the molecule is NC1=NN(c2ccc(Oc3ccccc3)c(SO)c2)C(=O)C1. The van der Waals surface area contributed by atoms with Gasteiger partial charge in [-0.1, -0.05) is 18.2 Å². The second-order valence-corrected chi connectivity index (χ2v) is 5.23. The summed E-state index contributed by atoms with van der Waals surface area (Å²) in [5.74, 6) is 1.21. The first-order valence-corrected chi connectivity index (χ1v) is 7.29. The molecule has 0 spiro atoms. The van der Waals surface area contributed by atoms with Crippen LogP contribution < -0.4 is 15.5 Å². The Hall–Kier alpha value is -2.51. The zero-order valence-electron chi connectivity index (χ0n) is 11.5. The van der Waals surface area contributed by atoms with Crippen LogP contribution in [0, 0.1) is 0 Å². The van der Waals surface area contributed by atoms with E-state index in [9.17, 15) is 9.35 Å². The summed E-state index contributed by atoms with van der Waals surface area (Å²) in [6.07, 6.45) is 0.101. The van der Waals surface area contributed by atoms with Crippen molar-refractivity contribution >= 4 is 29.5 Å². The van der Waals surface area contributed by atoms with Gasteiger partial charge < -0.3 is 15.0 Å². The van der Waals surface area contributed by atoms with Gasteiger partial charge >= 0.3 is 0 Å². The predicted molar refractivity (Wildman–Crippen MR) is 85.2 cm³/mol. The van der Waals surface area contributed by atoms with Gasteiger partial charge in [0, 0.05) is 12.0 Å². The van der Waals surface area contributed by atoms with Crippen molar-refractivity contribution in [2.24, 2.45) is 10.8 Å². The number of ether oxygens (including phenoxy) is 1. The number of nitrogens with two attached hydrogens (primary N) is 1. The van der Waals surface area contributed by atoms with Crippen LogP contribution in [0.4, 0.5) is 5.69 Å². The number of benzene rings is 2. The molecule has 22 heavy (non-hydrogen) atoms. The average Bonchev–Trinajstić information content (AvgIpc) is 2.87. The normalized spacial score (nSPS) is 14.1. The van der Waals surface area contributed by atoms with Crippen molar-refractivity contribution in [1.29, 1.82) is 0 Å². The van der Waals surface area contributed by atoms with Crippen molar-refractivity contribution < 1.29 is 14.1 Å². The highest BCUT2D eigenvalue weighted by Crippen LogP contribution is 2.35. The molecule has 0 radical (unpaired) electrons. The fraction of sp³-hybridized carbons (Fsp3) is 0.0667. The van der Waals surface area contributed by atoms with Crippen LogP contribution in [0.3, 0.4) is 0 Å². The van der Waals surface area contributed by atoms with E-state index < -0.39 is 0 Å². The molecule has 0 unspecified atom stereocenters. The van der Waals surface area contributed by atoms with Gasteiger partial charge in [0.05, 0.1) is 17.0 Å². The Morgan fingerprint density at radius 2 is 2.00 bits per heavy atom. The Kier molecular flexibility index (Phi) is 3.99. The number of anilines is 1. The first-order valence-electron chi connectivity index (χ1n) is 6.51. The molecule has 2 aromatic rings. The smallest absolute Gasteiger partial charge is 0.255 e. The van der Waals surface area contributed by atoms with Gasteiger partial charge in [0.1, 0.15) is 17.3 Å². The Labute approximate surface area is 131 Å². The number of rotatable bonds is 4. The van der Waals surface area contributed by atoms with Crippen molar-refractivity contribution in [2.45, 2.75) is 11.3 Å².